The van der Waals surface area contributed by atoms with Gasteiger partial charge in [0.15, 0.2) is 0 Å². The highest BCUT2D eigenvalue weighted by molar-refractivity contribution is 7.07. The summed E-state index contributed by atoms with van der Waals surface area (Å²) in [4.78, 5) is 21.9. The number of carbonyl (C=O) groups excluding carboxylic acids is 1. The van der Waals surface area contributed by atoms with E-state index in [2.05, 4.69) is 15.4 Å². The van der Waals surface area contributed by atoms with E-state index in [0.717, 1.165) is 5.56 Å². The number of pyridine rings is 1. The topological polar surface area (TPSA) is 119 Å². The van der Waals surface area contributed by atoms with Gasteiger partial charge in [0.05, 0.1) is 23.4 Å². The lowest BCUT2D eigenvalue weighted by molar-refractivity contribution is 0.0273. The van der Waals surface area contributed by atoms with E-state index in [4.69, 9.17) is 10.7 Å². The van der Waals surface area contributed by atoms with Crippen molar-refractivity contribution in [1.82, 2.24) is 25.1 Å². The molecule has 10 heteroatoms. The fourth-order valence-corrected chi connectivity index (χ4v) is 4.31. The molecule has 0 saturated heterocycles. The van der Waals surface area contributed by atoms with Crippen LogP contribution >= 0.6 is 11.3 Å². The number of nitrogens with two attached hydrogens (primary N) is 1. The summed E-state index contributed by atoms with van der Waals surface area (Å²) in [7, 11) is 1.68. The number of thiazole rings is 1. The van der Waals surface area contributed by atoms with Crippen LogP contribution in [0.5, 0.6) is 0 Å². The number of amides is 1. The lowest BCUT2D eigenvalue weighted by Crippen LogP contribution is -2.42. The summed E-state index contributed by atoms with van der Waals surface area (Å²) in [5, 5.41) is 20.7. The summed E-state index contributed by atoms with van der Waals surface area (Å²) in [6, 6.07) is 11.2. The second kappa shape index (κ2) is 9.88. The number of nitrogens with one attached hydrogen (secondary N) is 1. The Bertz CT molecular complexity index is 1360. The number of hydrogen-bond donors (Lipinski definition) is 3. The fourth-order valence-electron chi connectivity index (χ4n) is 3.77. The predicted octanol–water partition coefficient (Wildman–Crippen LogP) is 3.97. The number of aryl methyl sites for hydroxylation is 1. The number of halogens is 1. The Balaban J connectivity index is 1.63. The molecule has 1 aromatic carbocycles. The highest BCUT2D eigenvalue weighted by Crippen LogP contribution is 2.31. The van der Waals surface area contributed by atoms with E-state index in [1.54, 1.807) is 36.8 Å². The molecule has 8 nitrogen and oxygen atoms in total. The maximum absolute atomic E-state index is 13.5. The summed E-state index contributed by atoms with van der Waals surface area (Å²) in [6.45, 7) is 5.45. The van der Waals surface area contributed by atoms with Gasteiger partial charge < -0.3 is 16.2 Å². The van der Waals surface area contributed by atoms with E-state index < -0.39 is 11.1 Å². The Kier molecular flexibility index (Phi) is 7.03. The molecule has 0 aliphatic rings. The van der Waals surface area contributed by atoms with Crippen molar-refractivity contribution < 1.29 is 14.3 Å². The van der Waals surface area contributed by atoms with Gasteiger partial charge in [-0.1, -0.05) is 6.92 Å². The first-order chi connectivity index (χ1) is 17.0. The minimum atomic E-state index is -1.47. The third kappa shape index (κ3) is 5.35. The van der Waals surface area contributed by atoms with E-state index in [1.807, 2.05) is 32.2 Å². The highest BCUT2D eigenvalue weighted by atomic mass is 32.1. The average Bonchev–Trinajstić information content (AvgIpc) is 3.52. The second-order valence-electron chi connectivity index (χ2n) is 9.33. The molecule has 1 unspecified atom stereocenters. The Labute approximate surface area is 213 Å². The first-order valence-corrected chi connectivity index (χ1v) is 12.5. The fraction of sp³-hybridized carbons (Fsp3) is 0.308. The zero-order valence-electron chi connectivity index (χ0n) is 20.6. The van der Waals surface area contributed by atoms with Crippen molar-refractivity contribution in [2.45, 2.75) is 38.3 Å². The summed E-state index contributed by atoms with van der Waals surface area (Å²) >= 11 is 1.45. The van der Waals surface area contributed by atoms with Crippen LogP contribution in [0.3, 0.4) is 0 Å². The maximum Gasteiger partial charge on any atom is 0.269 e. The second-order valence-corrected chi connectivity index (χ2v) is 10.1. The molecule has 0 saturated carbocycles. The van der Waals surface area contributed by atoms with Crippen LogP contribution in [-0.4, -0.2) is 37.3 Å². The summed E-state index contributed by atoms with van der Waals surface area (Å²) in [6.07, 6.45) is 0.285. The van der Waals surface area contributed by atoms with Gasteiger partial charge in [-0.2, -0.15) is 5.10 Å². The molecule has 188 valence electrons. The molecule has 0 spiro atoms. The van der Waals surface area contributed by atoms with Crippen LogP contribution in [-0.2, 0) is 18.2 Å². The lowest BCUT2D eigenvalue weighted by atomic mass is 9.88. The maximum atomic E-state index is 13.5. The number of nitrogens with zero attached hydrogens (tertiary/aromatic N) is 4. The monoisotopic (exact) mass is 508 g/mol. The van der Waals surface area contributed by atoms with Gasteiger partial charge in [0, 0.05) is 23.5 Å². The smallest absolute Gasteiger partial charge is 0.269 e. The van der Waals surface area contributed by atoms with Crippen LogP contribution in [0.15, 0.2) is 53.4 Å². The normalized spacial score (nSPS) is 13.4. The minimum Gasteiger partial charge on any atom is -0.382 e. The van der Waals surface area contributed by atoms with E-state index in [0.29, 0.717) is 34.0 Å². The number of rotatable bonds is 8. The molecule has 4 aromatic rings. The molecular formula is C26H29FN6O2S. The van der Waals surface area contributed by atoms with Crippen molar-refractivity contribution in [2.24, 2.45) is 12.8 Å². The van der Waals surface area contributed by atoms with Gasteiger partial charge in [-0.3, -0.25) is 9.48 Å². The summed E-state index contributed by atoms with van der Waals surface area (Å²) in [5.41, 5.74) is 9.90. The lowest BCUT2D eigenvalue weighted by Gasteiger charge is -2.29. The molecule has 4 rings (SSSR count). The van der Waals surface area contributed by atoms with E-state index >= 15 is 0 Å². The summed E-state index contributed by atoms with van der Waals surface area (Å²) in [5.74, 6) is -0.734. The predicted molar refractivity (Wildman–Crippen MR) is 138 cm³/mol. The van der Waals surface area contributed by atoms with Crippen LogP contribution in [0.2, 0.25) is 0 Å². The van der Waals surface area contributed by atoms with E-state index in [9.17, 15) is 14.3 Å². The molecule has 0 radical (unpaired) electrons. The van der Waals surface area contributed by atoms with Gasteiger partial charge in [0.2, 0.25) is 0 Å². The van der Waals surface area contributed by atoms with E-state index in [-0.39, 0.29) is 24.7 Å². The van der Waals surface area contributed by atoms with E-state index in [1.165, 1.54) is 28.2 Å². The molecule has 0 fully saturated rings. The molecule has 0 bridgehead atoms. The zero-order valence-corrected chi connectivity index (χ0v) is 21.4. The van der Waals surface area contributed by atoms with Crippen molar-refractivity contribution >= 4 is 17.2 Å². The number of carbonyl (C=O) groups is 1. The van der Waals surface area contributed by atoms with Crippen molar-refractivity contribution in [3.63, 3.8) is 0 Å². The molecule has 3 aromatic heterocycles. The quantitative estimate of drug-likeness (QED) is 0.331. The number of hydrogen-bond acceptors (Lipinski definition) is 7. The molecule has 0 aliphatic carbocycles. The third-order valence-corrected chi connectivity index (χ3v) is 6.71. The number of aliphatic hydroxyl groups is 1. The van der Waals surface area contributed by atoms with Crippen molar-refractivity contribution in [2.75, 3.05) is 6.54 Å². The number of benzene rings is 1. The molecule has 1 atom stereocenters. The average molecular weight is 509 g/mol. The summed E-state index contributed by atoms with van der Waals surface area (Å²) < 4.78 is 15.0. The first-order valence-electron chi connectivity index (χ1n) is 11.5. The Morgan fingerprint density at radius 3 is 2.50 bits per heavy atom. The largest absolute Gasteiger partial charge is 0.382 e. The zero-order chi connectivity index (χ0) is 26.1. The molecule has 4 N–H and O–H groups in total. The SMILES string of the molecule is CCC(O)(CNC(=O)c1cc(-c2cscn2)nn1C)c1cc(C(C)(C)N)cc(-c2ccc(F)cc2)n1. The molecule has 36 heavy (non-hydrogen) atoms. The van der Waals surface area contributed by atoms with Crippen LogP contribution in [0.25, 0.3) is 22.6 Å². The van der Waals surface area contributed by atoms with Gasteiger partial charge in [-0.05, 0) is 68.3 Å². The van der Waals surface area contributed by atoms with Gasteiger partial charge in [-0.25, -0.2) is 14.4 Å². The van der Waals surface area contributed by atoms with Crippen molar-refractivity contribution in [1.29, 1.82) is 0 Å². The minimum absolute atomic E-state index is 0.0795. The van der Waals surface area contributed by atoms with Crippen LogP contribution in [0.4, 0.5) is 4.39 Å². The first kappa shape index (κ1) is 25.6. The molecule has 3 heterocycles. The Morgan fingerprint density at radius 1 is 1.17 bits per heavy atom. The van der Waals surface area contributed by atoms with Gasteiger partial charge in [0.25, 0.3) is 5.91 Å². The van der Waals surface area contributed by atoms with Crippen molar-refractivity contribution in [3.8, 4) is 22.6 Å². The van der Waals surface area contributed by atoms with Crippen LogP contribution in [0.1, 0.15) is 48.9 Å². The third-order valence-electron chi connectivity index (χ3n) is 6.12. The number of aromatic nitrogens is 4. The van der Waals surface area contributed by atoms with Gasteiger partial charge in [0.1, 0.15) is 28.5 Å². The van der Waals surface area contributed by atoms with Crippen LogP contribution in [0, 0.1) is 5.82 Å². The van der Waals surface area contributed by atoms with Gasteiger partial charge >= 0.3 is 0 Å². The molecule has 0 aliphatic heterocycles. The standard InChI is InChI=1S/C26H29FN6O2S/c1-5-26(35,14-29-24(34)22-12-20(32-33(22)4)21-13-36-15-30-21)23-11-17(25(2,3)28)10-19(31-23)16-6-8-18(27)9-7-16/h6-13,15,35H,5,14,28H2,1-4H3,(H,29,34). The van der Waals surface area contributed by atoms with Crippen LogP contribution < -0.4 is 11.1 Å². The molecular weight excluding hydrogens is 479 g/mol. The highest BCUT2D eigenvalue weighted by Gasteiger charge is 2.32. The Hall–Kier alpha value is -3.47. The van der Waals surface area contributed by atoms with Gasteiger partial charge in [-0.15, -0.1) is 11.3 Å². The van der Waals surface area contributed by atoms with Crippen molar-refractivity contribution in [3.05, 3.63) is 76.1 Å². The molecule has 1 amide bonds. The Morgan fingerprint density at radius 2 is 1.89 bits per heavy atom.